The van der Waals surface area contributed by atoms with Gasteiger partial charge in [0.15, 0.2) is 5.78 Å². The van der Waals surface area contributed by atoms with E-state index < -0.39 is 5.97 Å². The van der Waals surface area contributed by atoms with Crippen LogP contribution in [-0.2, 0) is 14.4 Å². The largest absolute Gasteiger partial charge is 0.481 e. The van der Waals surface area contributed by atoms with Crippen molar-refractivity contribution in [1.29, 1.82) is 0 Å². The number of carboxylic acids is 1. The number of aliphatic carboxylic acids is 1. The van der Waals surface area contributed by atoms with Crippen molar-refractivity contribution in [3.8, 4) is 0 Å². The maximum Gasteiger partial charge on any atom is 0.303 e. The molecule has 1 aliphatic carbocycles. The quantitative estimate of drug-likeness (QED) is 0.324. The van der Waals surface area contributed by atoms with Gasteiger partial charge in [-0.2, -0.15) is 0 Å². The number of carbonyl (C=O) groups is 3. The molecule has 0 saturated heterocycles. The van der Waals surface area contributed by atoms with Crippen molar-refractivity contribution in [2.75, 3.05) is 0 Å². The monoisotopic (exact) mass is 334 g/mol. The lowest BCUT2D eigenvalue weighted by atomic mass is 9.91. The van der Waals surface area contributed by atoms with E-state index in [0.29, 0.717) is 25.7 Å². The minimum Gasteiger partial charge on any atom is -0.481 e. The van der Waals surface area contributed by atoms with Crippen LogP contribution in [0, 0.1) is 11.8 Å². The summed E-state index contributed by atoms with van der Waals surface area (Å²) in [5.74, 6) is -0.205. The summed E-state index contributed by atoms with van der Waals surface area (Å²) >= 11 is 0. The Morgan fingerprint density at radius 3 is 2.67 bits per heavy atom. The Labute approximate surface area is 145 Å². The Kier molecular flexibility index (Phi) is 9.97. The van der Waals surface area contributed by atoms with E-state index in [1.54, 1.807) is 6.08 Å². The molecule has 2 atom stereocenters. The van der Waals surface area contributed by atoms with Crippen LogP contribution in [-0.4, -0.2) is 22.6 Å². The van der Waals surface area contributed by atoms with Gasteiger partial charge in [-0.25, -0.2) is 0 Å². The molecule has 1 fully saturated rings. The predicted molar refractivity (Wildman–Crippen MR) is 94.8 cm³/mol. The van der Waals surface area contributed by atoms with E-state index >= 15 is 0 Å². The summed E-state index contributed by atoms with van der Waals surface area (Å²) in [6.07, 6.45) is 14.9. The fraction of sp³-hybridized carbons (Fsp3) is 0.650. The van der Waals surface area contributed by atoms with Gasteiger partial charge in [0.2, 0.25) is 0 Å². The van der Waals surface area contributed by atoms with Crippen LogP contribution >= 0.6 is 0 Å². The average molecular weight is 334 g/mol. The summed E-state index contributed by atoms with van der Waals surface area (Å²) in [7, 11) is 0. The summed E-state index contributed by atoms with van der Waals surface area (Å²) in [5, 5.41) is 8.58. The van der Waals surface area contributed by atoms with Gasteiger partial charge in [-0.3, -0.25) is 14.4 Å². The number of ketones is 2. The number of unbranched alkanes of at least 4 members (excludes halogenated alkanes) is 3. The standard InChI is InChI=1S/C20H30O4/c1-2-3-6-9-17(21)14-12-16-13-15-19(22)18(16)10-7-4-5-8-11-20(23)24/h4,7,12,14,16,18H,2-3,5-6,8-11,13,15H2,1H3,(H,23,24)/b7-4-,14-12+/t16-,18+/m0/s1. The van der Waals surface area contributed by atoms with E-state index in [0.717, 1.165) is 32.1 Å². The summed E-state index contributed by atoms with van der Waals surface area (Å²) in [4.78, 5) is 34.3. The number of hydrogen-bond donors (Lipinski definition) is 1. The normalized spacial score (nSPS) is 21.1. The Hall–Kier alpha value is -1.71. The van der Waals surface area contributed by atoms with E-state index in [1.165, 1.54) is 0 Å². The molecule has 1 rings (SSSR count). The molecule has 0 unspecified atom stereocenters. The summed E-state index contributed by atoms with van der Waals surface area (Å²) in [5.41, 5.74) is 0. The first-order chi connectivity index (χ1) is 11.5. The third-order valence-corrected chi connectivity index (χ3v) is 4.53. The Morgan fingerprint density at radius 2 is 1.96 bits per heavy atom. The summed E-state index contributed by atoms with van der Waals surface area (Å²) in [6.45, 7) is 2.12. The van der Waals surface area contributed by atoms with E-state index in [-0.39, 0.29) is 29.8 Å². The molecule has 4 heteroatoms. The Bertz CT molecular complexity index is 476. The second kappa shape index (κ2) is 11.8. The van der Waals surface area contributed by atoms with Crippen molar-refractivity contribution < 1.29 is 19.5 Å². The van der Waals surface area contributed by atoms with Crippen molar-refractivity contribution in [1.82, 2.24) is 0 Å². The Morgan fingerprint density at radius 1 is 1.17 bits per heavy atom. The molecule has 24 heavy (non-hydrogen) atoms. The van der Waals surface area contributed by atoms with Crippen LogP contribution in [0.15, 0.2) is 24.3 Å². The summed E-state index contributed by atoms with van der Waals surface area (Å²) in [6, 6.07) is 0. The molecule has 0 bridgehead atoms. The van der Waals surface area contributed by atoms with Gasteiger partial charge in [-0.1, -0.05) is 38.0 Å². The number of Topliss-reactive ketones (excluding diaryl/α,β-unsaturated/α-hetero) is 1. The first kappa shape index (κ1) is 20.3. The lowest BCUT2D eigenvalue weighted by molar-refractivity contribution is -0.137. The van der Waals surface area contributed by atoms with Crippen LogP contribution in [0.5, 0.6) is 0 Å². The molecule has 0 aromatic heterocycles. The van der Waals surface area contributed by atoms with E-state index in [2.05, 4.69) is 6.92 Å². The molecule has 0 amide bonds. The van der Waals surface area contributed by atoms with Crippen LogP contribution in [0.3, 0.4) is 0 Å². The highest BCUT2D eigenvalue weighted by atomic mass is 16.4. The van der Waals surface area contributed by atoms with Gasteiger partial charge in [-0.05, 0) is 44.1 Å². The number of carboxylic acid groups (broad SMARTS) is 1. The Balaban J connectivity index is 2.38. The van der Waals surface area contributed by atoms with Gasteiger partial charge in [0.05, 0.1) is 0 Å². The van der Waals surface area contributed by atoms with Gasteiger partial charge in [0, 0.05) is 25.2 Å². The zero-order valence-electron chi connectivity index (χ0n) is 14.7. The number of hydrogen-bond acceptors (Lipinski definition) is 3. The van der Waals surface area contributed by atoms with Crippen LogP contribution < -0.4 is 0 Å². The molecule has 0 aromatic rings. The molecule has 1 aliphatic rings. The highest BCUT2D eigenvalue weighted by molar-refractivity contribution is 5.90. The summed E-state index contributed by atoms with van der Waals surface area (Å²) < 4.78 is 0. The first-order valence-electron chi connectivity index (χ1n) is 9.15. The fourth-order valence-electron chi connectivity index (χ4n) is 3.07. The zero-order chi connectivity index (χ0) is 17.8. The first-order valence-corrected chi connectivity index (χ1v) is 9.15. The van der Waals surface area contributed by atoms with Gasteiger partial charge < -0.3 is 5.11 Å². The second-order valence-corrected chi connectivity index (χ2v) is 6.55. The third kappa shape index (κ3) is 8.23. The van der Waals surface area contributed by atoms with Crippen LogP contribution in [0.25, 0.3) is 0 Å². The van der Waals surface area contributed by atoms with E-state index in [4.69, 9.17) is 5.11 Å². The van der Waals surface area contributed by atoms with Gasteiger partial charge in [-0.15, -0.1) is 0 Å². The lowest BCUT2D eigenvalue weighted by Gasteiger charge is -2.12. The molecule has 0 aliphatic heterocycles. The SMILES string of the molecule is CCCCCC(=O)/C=C/[C@H]1CCC(=O)[C@@H]1C/C=C\CCCC(=O)O. The number of rotatable bonds is 12. The minimum absolute atomic E-state index is 0.0274. The molecule has 0 spiro atoms. The molecule has 1 saturated carbocycles. The van der Waals surface area contributed by atoms with E-state index in [9.17, 15) is 14.4 Å². The molecule has 0 heterocycles. The molecule has 1 N–H and O–H groups in total. The smallest absolute Gasteiger partial charge is 0.303 e. The predicted octanol–water partition coefficient (Wildman–Crippen LogP) is 4.49. The highest BCUT2D eigenvalue weighted by Crippen LogP contribution is 2.32. The maximum absolute atomic E-state index is 12.0. The van der Waals surface area contributed by atoms with Crippen molar-refractivity contribution in [2.24, 2.45) is 11.8 Å². The van der Waals surface area contributed by atoms with Crippen molar-refractivity contribution >= 4 is 17.5 Å². The molecule has 0 aromatic carbocycles. The van der Waals surface area contributed by atoms with Crippen molar-refractivity contribution in [3.63, 3.8) is 0 Å². The van der Waals surface area contributed by atoms with Gasteiger partial charge in [0.1, 0.15) is 5.78 Å². The molecular weight excluding hydrogens is 304 g/mol. The topological polar surface area (TPSA) is 71.4 Å². The molecule has 134 valence electrons. The van der Waals surface area contributed by atoms with E-state index in [1.807, 2.05) is 18.2 Å². The zero-order valence-corrected chi connectivity index (χ0v) is 14.7. The van der Waals surface area contributed by atoms with Crippen LogP contribution in [0.1, 0.15) is 71.1 Å². The molecule has 4 nitrogen and oxygen atoms in total. The molecular formula is C20H30O4. The van der Waals surface area contributed by atoms with Gasteiger partial charge in [0.25, 0.3) is 0 Å². The molecule has 0 radical (unpaired) electrons. The third-order valence-electron chi connectivity index (χ3n) is 4.53. The average Bonchev–Trinajstić information content (AvgIpc) is 2.89. The number of carbonyl (C=O) groups excluding carboxylic acids is 2. The number of allylic oxidation sites excluding steroid dienone is 4. The maximum atomic E-state index is 12.0. The highest BCUT2D eigenvalue weighted by Gasteiger charge is 2.31. The van der Waals surface area contributed by atoms with Crippen molar-refractivity contribution in [2.45, 2.75) is 71.1 Å². The van der Waals surface area contributed by atoms with Crippen molar-refractivity contribution in [3.05, 3.63) is 24.3 Å². The lowest BCUT2D eigenvalue weighted by Crippen LogP contribution is -2.12. The minimum atomic E-state index is -0.775. The fourth-order valence-corrected chi connectivity index (χ4v) is 3.07. The van der Waals surface area contributed by atoms with Crippen LogP contribution in [0.4, 0.5) is 0 Å². The second-order valence-electron chi connectivity index (χ2n) is 6.55. The van der Waals surface area contributed by atoms with Crippen LogP contribution in [0.2, 0.25) is 0 Å². The van der Waals surface area contributed by atoms with Gasteiger partial charge >= 0.3 is 5.97 Å².